The first-order valence-electron chi connectivity index (χ1n) is 6.18. The van der Waals surface area contributed by atoms with E-state index < -0.39 is 0 Å². The van der Waals surface area contributed by atoms with E-state index in [1.165, 1.54) is 34.1 Å². The van der Waals surface area contributed by atoms with E-state index in [2.05, 4.69) is 30.1 Å². The highest BCUT2D eigenvalue weighted by atomic mass is 14.8. The molecule has 0 aliphatic heterocycles. The number of fused-ring (bicyclic) bond motifs is 3. The maximum atomic E-state index is 6.23. The molecular weight excluding hydrogens is 196 g/mol. The summed E-state index contributed by atoms with van der Waals surface area (Å²) in [4.78, 5) is 3.52. The van der Waals surface area contributed by atoms with Gasteiger partial charge in [-0.25, -0.2) is 0 Å². The first kappa shape index (κ1) is 9.91. The molecule has 1 aliphatic carbocycles. The van der Waals surface area contributed by atoms with Gasteiger partial charge in [0.2, 0.25) is 0 Å². The van der Waals surface area contributed by atoms with Gasteiger partial charge in [-0.3, -0.25) is 0 Å². The van der Waals surface area contributed by atoms with Gasteiger partial charge in [0.05, 0.1) is 0 Å². The van der Waals surface area contributed by atoms with E-state index in [0.29, 0.717) is 0 Å². The largest absolute Gasteiger partial charge is 0.358 e. The topological polar surface area (TPSA) is 41.8 Å². The number of aromatic nitrogens is 1. The Kier molecular flexibility index (Phi) is 2.25. The number of hydrogen-bond acceptors (Lipinski definition) is 1. The Morgan fingerprint density at radius 3 is 3.12 bits per heavy atom. The Hall–Kier alpha value is -1.28. The van der Waals surface area contributed by atoms with Crippen LogP contribution in [-0.4, -0.2) is 4.98 Å². The van der Waals surface area contributed by atoms with Crippen LogP contribution >= 0.6 is 0 Å². The summed E-state index contributed by atoms with van der Waals surface area (Å²) in [6.07, 6.45) is 4.57. The van der Waals surface area contributed by atoms with Crippen molar-refractivity contribution in [2.24, 2.45) is 5.73 Å². The lowest BCUT2D eigenvalue weighted by molar-refractivity contribution is 0.569. The van der Waals surface area contributed by atoms with Gasteiger partial charge >= 0.3 is 0 Å². The van der Waals surface area contributed by atoms with E-state index >= 15 is 0 Å². The van der Waals surface area contributed by atoms with Crippen LogP contribution in [0.15, 0.2) is 18.2 Å². The van der Waals surface area contributed by atoms with Gasteiger partial charge in [0.15, 0.2) is 0 Å². The van der Waals surface area contributed by atoms with Crippen LogP contribution in [0.5, 0.6) is 0 Å². The molecule has 16 heavy (non-hydrogen) atoms. The average molecular weight is 214 g/mol. The third-order valence-corrected chi connectivity index (χ3v) is 3.71. The minimum absolute atomic E-state index is 0.226. The number of hydrogen-bond donors (Lipinski definition) is 2. The lowest BCUT2D eigenvalue weighted by Crippen LogP contribution is -2.16. The summed E-state index contributed by atoms with van der Waals surface area (Å²) in [6.45, 7) is 2.19. The third kappa shape index (κ3) is 1.37. The fraction of sp³-hybridized carbons (Fsp3) is 0.429. The predicted octanol–water partition coefficient (Wildman–Crippen LogP) is 3.07. The Balaban J connectivity index is 2.26. The maximum absolute atomic E-state index is 6.23. The van der Waals surface area contributed by atoms with Crippen molar-refractivity contribution >= 4 is 10.9 Å². The van der Waals surface area contributed by atoms with Crippen molar-refractivity contribution in [3.05, 3.63) is 35.0 Å². The summed E-state index contributed by atoms with van der Waals surface area (Å²) in [5.41, 5.74) is 11.6. The van der Waals surface area contributed by atoms with E-state index in [1.807, 2.05) is 0 Å². The van der Waals surface area contributed by atoms with E-state index in [4.69, 9.17) is 5.73 Å². The van der Waals surface area contributed by atoms with Gasteiger partial charge in [-0.1, -0.05) is 13.0 Å². The number of rotatable bonds is 1. The standard InChI is InChI=1S/C14H18N2/c1-2-9-6-7-12-10(8-9)14-11(15)4-3-5-13(14)16-12/h6-8,11,16H,2-5,15H2,1H3. The monoisotopic (exact) mass is 214 g/mol. The number of nitrogens with two attached hydrogens (primary N) is 1. The molecule has 0 fully saturated rings. The van der Waals surface area contributed by atoms with E-state index in [0.717, 1.165) is 19.3 Å². The number of aromatic amines is 1. The molecule has 3 rings (SSSR count). The van der Waals surface area contributed by atoms with E-state index in [-0.39, 0.29) is 6.04 Å². The molecule has 84 valence electrons. The number of benzene rings is 1. The van der Waals surface area contributed by atoms with Crippen LogP contribution < -0.4 is 5.73 Å². The molecule has 1 aliphatic rings. The molecule has 1 aromatic heterocycles. The normalized spacial score (nSPS) is 20.0. The molecule has 3 N–H and O–H groups in total. The summed E-state index contributed by atoms with van der Waals surface area (Å²) < 4.78 is 0. The summed E-state index contributed by atoms with van der Waals surface area (Å²) in [5, 5.41) is 1.35. The molecule has 1 heterocycles. The zero-order valence-electron chi connectivity index (χ0n) is 9.72. The highest BCUT2D eigenvalue weighted by Crippen LogP contribution is 2.34. The van der Waals surface area contributed by atoms with Crippen LogP contribution in [0.25, 0.3) is 10.9 Å². The van der Waals surface area contributed by atoms with Crippen LogP contribution in [0.1, 0.15) is 42.6 Å². The molecular formula is C14H18N2. The van der Waals surface area contributed by atoms with Crippen molar-refractivity contribution in [1.29, 1.82) is 0 Å². The molecule has 2 heteroatoms. The molecule has 2 nitrogen and oxygen atoms in total. The fourth-order valence-corrected chi connectivity index (χ4v) is 2.80. The maximum Gasteiger partial charge on any atom is 0.0459 e. The summed E-state index contributed by atoms with van der Waals surface area (Å²) in [6, 6.07) is 6.93. The lowest BCUT2D eigenvalue weighted by atomic mass is 9.91. The SMILES string of the molecule is CCc1ccc2[nH]c3c(c2c1)C(N)CCC3. The molecule has 0 saturated heterocycles. The van der Waals surface area contributed by atoms with Crippen molar-refractivity contribution in [1.82, 2.24) is 4.98 Å². The van der Waals surface area contributed by atoms with Crippen LogP contribution in [0.3, 0.4) is 0 Å². The number of H-pyrrole nitrogens is 1. The molecule has 0 bridgehead atoms. The smallest absolute Gasteiger partial charge is 0.0459 e. The molecule has 1 atom stereocenters. The Morgan fingerprint density at radius 1 is 1.44 bits per heavy atom. The average Bonchev–Trinajstić information content (AvgIpc) is 2.67. The van der Waals surface area contributed by atoms with Crippen molar-refractivity contribution in [3.8, 4) is 0 Å². The predicted molar refractivity (Wildman–Crippen MR) is 67.5 cm³/mol. The Bertz CT molecular complexity index is 525. The molecule has 0 spiro atoms. The van der Waals surface area contributed by atoms with E-state index in [1.54, 1.807) is 0 Å². The highest BCUT2D eigenvalue weighted by molar-refractivity contribution is 5.86. The Labute approximate surface area is 95.8 Å². The summed E-state index contributed by atoms with van der Waals surface area (Å²) >= 11 is 0. The van der Waals surface area contributed by atoms with Crippen LogP contribution in [0.4, 0.5) is 0 Å². The van der Waals surface area contributed by atoms with Crippen molar-refractivity contribution < 1.29 is 0 Å². The van der Waals surface area contributed by atoms with Crippen LogP contribution in [-0.2, 0) is 12.8 Å². The van der Waals surface area contributed by atoms with Crippen LogP contribution in [0, 0.1) is 0 Å². The van der Waals surface area contributed by atoms with Crippen molar-refractivity contribution in [3.63, 3.8) is 0 Å². The quantitative estimate of drug-likeness (QED) is 0.752. The third-order valence-electron chi connectivity index (χ3n) is 3.71. The Morgan fingerprint density at radius 2 is 2.31 bits per heavy atom. The molecule has 0 saturated carbocycles. The minimum Gasteiger partial charge on any atom is -0.358 e. The molecule has 0 amide bonds. The molecule has 1 aromatic carbocycles. The first-order valence-corrected chi connectivity index (χ1v) is 6.18. The van der Waals surface area contributed by atoms with Crippen molar-refractivity contribution in [2.75, 3.05) is 0 Å². The summed E-state index contributed by atoms with van der Waals surface area (Å²) in [7, 11) is 0. The number of nitrogens with one attached hydrogen (secondary N) is 1. The van der Waals surface area contributed by atoms with Crippen LogP contribution in [0.2, 0.25) is 0 Å². The van der Waals surface area contributed by atoms with Gasteiger partial charge in [0.1, 0.15) is 0 Å². The molecule has 2 aromatic rings. The zero-order chi connectivity index (χ0) is 11.1. The van der Waals surface area contributed by atoms with Crippen molar-refractivity contribution in [2.45, 2.75) is 38.6 Å². The number of aryl methyl sites for hydroxylation is 2. The second-order valence-electron chi connectivity index (χ2n) is 4.75. The minimum atomic E-state index is 0.226. The van der Waals surface area contributed by atoms with Gasteiger partial charge in [-0.2, -0.15) is 0 Å². The highest BCUT2D eigenvalue weighted by Gasteiger charge is 2.21. The summed E-state index contributed by atoms with van der Waals surface area (Å²) in [5.74, 6) is 0. The second-order valence-corrected chi connectivity index (χ2v) is 4.75. The zero-order valence-corrected chi connectivity index (χ0v) is 9.72. The van der Waals surface area contributed by atoms with E-state index in [9.17, 15) is 0 Å². The van der Waals surface area contributed by atoms with Gasteiger partial charge in [-0.15, -0.1) is 0 Å². The second kappa shape index (κ2) is 3.63. The first-order chi connectivity index (χ1) is 7.79. The molecule has 0 radical (unpaired) electrons. The van der Waals surface area contributed by atoms with Gasteiger partial charge < -0.3 is 10.7 Å². The van der Waals surface area contributed by atoms with Gasteiger partial charge in [-0.05, 0) is 48.9 Å². The van der Waals surface area contributed by atoms with Gasteiger partial charge in [0, 0.05) is 22.6 Å². The molecule has 1 unspecified atom stereocenters. The fourth-order valence-electron chi connectivity index (χ4n) is 2.80. The lowest BCUT2D eigenvalue weighted by Gasteiger charge is -2.18. The van der Waals surface area contributed by atoms with Gasteiger partial charge in [0.25, 0.3) is 0 Å².